The summed E-state index contributed by atoms with van der Waals surface area (Å²) in [4.78, 5) is 14.7. The van der Waals surface area contributed by atoms with Crippen LogP contribution in [-0.4, -0.2) is 36.5 Å². The Morgan fingerprint density at radius 1 is 1.20 bits per heavy atom. The minimum Gasteiger partial charge on any atom is -0.339 e. The van der Waals surface area contributed by atoms with Crippen LogP contribution in [0.3, 0.4) is 0 Å². The Morgan fingerprint density at radius 3 is 2.45 bits per heavy atom. The van der Waals surface area contributed by atoms with E-state index in [2.05, 4.69) is 31.0 Å². The first kappa shape index (κ1) is 17.8. The zero-order chi connectivity index (χ0) is 13.8. The topological polar surface area (TPSA) is 32.3 Å². The predicted octanol–water partition coefficient (Wildman–Crippen LogP) is 3.08. The molecule has 1 N–H and O–H groups in total. The maximum Gasteiger partial charge on any atom is 0.223 e. The van der Waals surface area contributed by atoms with E-state index in [9.17, 15) is 4.79 Å². The molecule has 0 radical (unpaired) electrons. The van der Waals surface area contributed by atoms with Gasteiger partial charge in [-0.05, 0) is 56.5 Å². The van der Waals surface area contributed by atoms with Crippen molar-refractivity contribution in [2.75, 3.05) is 19.6 Å². The van der Waals surface area contributed by atoms with Gasteiger partial charge in [0.25, 0.3) is 0 Å². The molecule has 2 heterocycles. The molecule has 0 aliphatic carbocycles. The Labute approximate surface area is 130 Å². The number of carbonyl (C=O) groups is 1. The van der Waals surface area contributed by atoms with Crippen LogP contribution in [-0.2, 0) is 4.79 Å². The van der Waals surface area contributed by atoms with Crippen LogP contribution in [0.5, 0.6) is 0 Å². The van der Waals surface area contributed by atoms with E-state index in [-0.39, 0.29) is 12.4 Å². The molecule has 4 heteroatoms. The van der Waals surface area contributed by atoms with Crippen LogP contribution in [0.1, 0.15) is 52.9 Å². The van der Waals surface area contributed by atoms with Crippen LogP contribution in [0.4, 0.5) is 0 Å². The normalized spacial score (nSPS) is 25.6. The number of hydrogen-bond acceptors (Lipinski definition) is 2. The lowest BCUT2D eigenvalue weighted by Gasteiger charge is -2.32. The standard InChI is InChI=1S/C16H30N2O.ClH/c1-12(2)15-5-4-10-18(15)16(19)11-13(3)14-6-8-17-9-7-14;/h12-15,17H,4-11H2,1-3H3;1H. The molecule has 2 saturated heterocycles. The van der Waals surface area contributed by atoms with Crippen molar-refractivity contribution in [1.29, 1.82) is 0 Å². The van der Waals surface area contributed by atoms with Gasteiger partial charge in [-0.25, -0.2) is 0 Å². The van der Waals surface area contributed by atoms with Gasteiger partial charge < -0.3 is 10.2 Å². The first-order valence-corrected chi connectivity index (χ1v) is 8.09. The lowest BCUT2D eigenvalue weighted by molar-refractivity contribution is -0.134. The summed E-state index contributed by atoms with van der Waals surface area (Å²) in [6, 6.07) is 0.493. The van der Waals surface area contributed by atoms with Gasteiger partial charge in [-0.1, -0.05) is 20.8 Å². The highest BCUT2D eigenvalue weighted by Gasteiger charge is 2.32. The first-order valence-electron chi connectivity index (χ1n) is 8.09. The molecule has 0 saturated carbocycles. The minimum absolute atomic E-state index is 0. The molecule has 2 rings (SSSR count). The molecule has 2 aliphatic rings. The number of rotatable bonds is 4. The van der Waals surface area contributed by atoms with Gasteiger partial charge in [0, 0.05) is 19.0 Å². The Hall–Kier alpha value is -0.280. The highest BCUT2D eigenvalue weighted by molar-refractivity contribution is 5.85. The maximum absolute atomic E-state index is 12.5. The van der Waals surface area contributed by atoms with E-state index in [1.807, 2.05) is 0 Å². The summed E-state index contributed by atoms with van der Waals surface area (Å²) < 4.78 is 0. The van der Waals surface area contributed by atoms with Gasteiger partial charge in [0.1, 0.15) is 0 Å². The molecule has 2 atom stereocenters. The van der Waals surface area contributed by atoms with E-state index < -0.39 is 0 Å². The van der Waals surface area contributed by atoms with Gasteiger partial charge in [-0.15, -0.1) is 12.4 Å². The van der Waals surface area contributed by atoms with Crippen molar-refractivity contribution in [1.82, 2.24) is 10.2 Å². The van der Waals surface area contributed by atoms with E-state index in [1.54, 1.807) is 0 Å². The van der Waals surface area contributed by atoms with Gasteiger partial charge in [0.15, 0.2) is 0 Å². The highest BCUT2D eigenvalue weighted by Crippen LogP contribution is 2.28. The highest BCUT2D eigenvalue weighted by atomic mass is 35.5. The van der Waals surface area contributed by atoms with Crippen molar-refractivity contribution in [3.63, 3.8) is 0 Å². The third-order valence-corrected chi connectivity index (χ3v) is 5.07. The van der Waals surface area contributed by atoms with E-state index in [4.69, 9.17) is 0 Å². The average Bonchev–Trinajstić information content (AvgIpc) is 2.89. The predicted molar refractivity (Wildman–Crippen MR) is 86.2 cm³/mol. The van der Waals surface area contributed by atoms with Gasteiger partial charge in [-0.2, -0.15) is 0 Å². The van der Waals surface area contributed by atoms with Crippen LogP contribution in [0.2, 0.25) is 0 Å². The Bertz CT molecular complexity index is 303. The largest absolute Gasteiger partial charge is 0.339 e. The molecule has 0 aromatic heterocycles. The van der Waals surface area contributed by atoms with E-state index >= 15 is 0 Å². The number of carbonyl (C=O) groups excluding carboxylic acids is 1. The fourth-order valence-corrected chi connectivity index (χ4v) is 3.77. The molecular weight excluding hydrogens is 272 g/mol. The Kier molecular flexibility index (Phi) is 7.32. The van der Waals surface area contributed by atoms with Crippen molar-refractivity contribution in [3.8, 4) is 0 Å². The summed E-state index contributed by atoms with van der Waals surface area (Å²) in [6.07, 6.45) is 5.62. The summed E-state index contributed by atoms with van der Waals surface area (Å²) in [5.41, 5.74) is 0. The molecule has 1 amide bonds. The molecule has 20 heavy (non-hydrogen) atoms. The second-order valence-corrected chi connectivity index (χ2v) is 6.81. The SMILES string of the molecule is CC(C)C1CCCN1C(=O)CC(C)C1CCNCC1.Cl. The van der Waals surface area contributed by atoms with E-state index in [0.717, 1.165) is 32.0 Å². The van der Waals surface area contributed by atoms with Crippen LogP contribution in [0.25, 0.3) is 0 Å². The lowest BCUT2D eigenvalue weighted by Crippen LogP contribution is -2.40. The smallest absolute Gasteiger partial charge is 0.223 e. The summed E-state index contributed by atoms with van der Waals surface area (Å²) in [5, 5.41) is 3.40. The molecule has 2 aliphatic heterocycles. The lowest BCUT2D eigenvalue weighted by atomic mass is 9.84. The monoisotopic (exact) mass is 302 g/mol. The second kappa shape index (κ2) is 8.23. The Balaban J connectivity index is 0.00000200. The van der Waals surface area contributed by atoms with Crippen molar-refractivity contribution < 1.29 is 4.79 Å². The van der Waals surface area contributed by atoms with Gasteiger partial charge in [0.2, 0.25) is 5.91 Å². The van der Waals surface area contributed by atoms with Crippen LogP contribution in [0.15, 0.2) is 0 Å². The fourth-order valence-electron chi connectivity index (χ4n) is 3.77. The number of amides is 1. The molecule has 118 valence electrons. The van der Waals surface area contributed by atoms with Crippen molar-refractivity contribution in [2.45, 2.75) is 58.9 Å². The van der Waals surface area contributed by atoms with Crippen LogP contribution < -0.4 is 5.32 Å². The third-order valence-electron chi connectivity index (χ3n) is 5.07. The molecule has 0 aromatic carbocycles. The average molecular weight is 303 g/mol. The van der Waals surface area contributed by atoms with Crippen molar-refractivity contribution in [2.24, 2.45) is 17.8 Å². The summed E-state index contributed by atoms with van der Waals surface area (Å²) in [5.74, 6) is 2.29. The van der Waals surface area contributed by atoms with Gasteiger partial charge in [-0.3, -0.25) is 4.79 Å². The number of hydrogen-bond donors (Lipinski definition) is 1. The van der Waals surface area contributed by atoms with Crippen LogP contribution >= 0.6 is 12.4 Å². The molecule has 0 spiro atoms. The van der Waals surface area contributed by atoms with Gasteiger partial charge >= 0.3 is 0 Å². The number of nitrogens with zero attached hydrogens (tertiary/aromatic N) is 1. The fraction of sp³-hybridized carbons (Fsp3) is 0.938. The third kappa shape index (κ3) is 4.36. The molecule has 3 nitrogen and oxygen atoms in total. The summed E-state index contributed by atoms with van der Waals surface area (Å²) in [6.45, 7) is 10.00. The molecular formula is C16H31ClN2O. The zero-order valence-electron chi connectivity index (χ0n) is 13.2. The van der Waals surface area contributed by atoms with Crippen molar-refractivity contribution in [3.05, 3.63) is 0 Å². The number of piperidine rings is 1. The number of halogens is 1. The minimum atomic E-state index is 0. The molecule has 2 unspecified atom stereocenters. The summed E-state index contributed by atoms with van der Waals surface area (Å²) in [7, 11) is 0. The van der Waals surface area contributed by atoms with Crippen molar-refractivity contribution >= 4 is 18.3 Å². The Morgan fingerprint density at radius 2 is 1.85 bits per heavy atom. The first-order chi connectivity index (χ1) is 9.09. The molecule has 0 bridgehead atoms. The zero-order valence-corrected chi connectivity index (χ0v) is 14.0. The van der Waals surface area contributed by atoms with Crippen LogP contribution in [0, 0.1) is 17.8 Å². The maximum atomic E-state index is 12.5. The molecule has 2 fully saturated rings. The molecule has 0 aromatic rings. The van der Waals surface area contributed by atoms with E-state index in [0.29, 0.717) is 23.8 Å². The second-order valence-electron chi connectivity index (χ2n) is 6.81. The summed E-state index contributed by atoms with van der Waals surface area (Å²) >= 11 is 0. The number of likely N-dealkylation sites (tertiary alicyclic amines) is 1. The quantitative estimate of drug-likeness (QED) is 0.865. The number of nitrogens with one attached hydrogen (secondary N) is 1. The van der Waals surface area contributed by atoms with Gasteiger partial charge in [0.05, 0.1) is 0 Å². The van der Waals surface area contributed by atoms with E-state index in [1.165, 1.54) is 25.7 Å².